The molecule has 8 nitrogen and oxygen atoms in total. The van der Waals surface area contributed by atoms with E-state index in [0.717, 1.165) is 0 Å². The summed E-state index contributed by atoms with van der Waals surface area (Å²) in [5, 5.41) is 13.3. The van der Waals surface area contributed by atoms with Gasteiger partial charge in [-0.1, -0.05) is 11.6 Å². The summed E-state index contributed by atoms with van der Waals surface area (Å²) in [6, 6.07) is 9.52. The van der Waals surface area contributed by atoms with E-state index in [9.17, 15) is 9.59 Å². The van der Waals surface area contributed by atoms with E-state index >= 15 is 0 Å². The molecule has 0 heterocycles. The molecule has 2 rings (SSSR count). The Kier molecular flexibility index (Phi) is 7.85. The highest BCUT2D eigenvalue weighted by Crippen LogP contribution is 2.27. The Balaban J connectivity index is 2.03. The molecule has 0 aromatic heterocycles. The Morgan fingerprint density at radius 3 is 2.62 bits per heavy atom. The van der Waals surface area contributed by atoms with Gasteiger partial charge in [0.1, 0.15) is 0 Å². The van der Waals surface area contributed by atoms with Gasteiger partial charge in [0.15, 0.2) is 18.1 Å². The van der Waals surface area contributed by atoms with E-state index in [1.54, 1.807) is 38.1 Å². The normalized spacial score (nSPS) is 10.8. The molecule has 0 fully saturated rings. The molecule has 29 heavy (non-hydrogen) atoms. The van der Waals surface area contributed by atoms with Gasteiger partial charge in [0.25, 0.3) is 0 Å². The SMILES string of the molecule is COc1cc(/C=N/Nc2ccc(Cl)c(C(=O)O)c2)ccc1OCC(=O)OC(C)C. The van der Waals surface area contributed by atoms with Crippen LogP contribution in [0.5, 0.6) is 11.5 Å². The fraction of sp³-hybridized carbons (Fsp3) is 0.250. The summed E-state index contributed by atoms with van der Waals surface area (Å²) in [7, 11) is 1.48. The number of ether oxygens (including phenoxy) is 3. The van der Waals surface area contributed by atoms with E-state index in [2.05, 4.69) is 10.5 Å². The second-order valence-electron chi connectivity index (χ2n) is 6.11. The zero-order valence-corrected chi connectivity index (χ0v) is 16.9. The van der Waals surface area contributed by atoms with Gasteiger partial charge in [0.2, 0.25) is 0 Å². The van der Waals surface area contributed by atoms with Crippen LogP contribution in [0.15, 0.2) is 41.5 Å². The molecule has 0 radical (unpaired) electrons. The number of carboxylic acid groups (broad SMARTS) is 1. The maximum absolute atomic E-state index is 11.6. The van der Waals surface area contributed by atoms with E-state index in [1.807, 2.05) is 0 Å². The predicted molar refractivity (Wildman–Crippen MR) is 109 cm³/mol. The summed E-state index contributed by atoms with van der Waals surface area (Å²) in [6.07, 6.45) is 1.31. The van der Waals surface area contributed by atoms with Gasteiger partial charge in [-0.25, -0.2) is 9.59 Å². The van der Waals surface area contributed by atoms with E-state index < -0.39 is 11.9 Å². The van der Waals surface area contributed by atoms with Crippen LogP contribution in [-0.4, -0.2) is 43.1 Å². The van der Waals surface area contributed by atoms with Gasteiger partial charge in [-0.05, 0) is 55.8 Å². The number of carbonyl (C=O) groups is 2. The molecule has 0 aliphatic carbocycles. The monoisotopic (exact) mass is 420 g/mol. The number of benzene rings is 2. The van der Waals surface area contributed by atoms with Crippen LogP contribution in [0.3, 0.4) is 0 Å². The lowest BCUT2D eigenvalue weighted by Crippen LogP contribution is -2.18. The molecule has 0 spiro atoms. The first kappa shape index (κ1) is 22.0. The molecule has 0 unspecified atom stereocenters. The van der Waals surface area contributed by atoms with Crippen molar-refractivity contribution in [3.05, 3.63) is 52.5 Å². The van der Waals surface area contributed by atoms with Gasteiger partial charge in [-0.2, -0.15) is 5.10 Å². The highest BCUT2D eigenvalue weighted by atomic mass is 35.5. The van der Waals surface area contributed by atoms with E-state index in [1.165, 1.54) is 25.5 Å². The van der Waals surface area contributed by atoms with E-state index in [4.69, 9.17) is 30.9 Å². The van der Waals surface area contributed by atoms with Gasteiger partial charge in [0, 0.05) is 0 Å². The van der Waals surface area contributed by atoms with Gasteiger partial charge in [-0.15, -0.1) is 0 Å². The summed E-state index contributed by atoms with van der Waals surface area (Å²) in [6.45, 7) is 3.28. The minimum Gasteiger partial charge on any atom is -0.493 e. The molecule has 0 saturated heterocycles. The van der Waals surface area contributed by atoms with Crippen molar-refractivity contribution >= 4 is 35.4 Å². The molecular weight excluding hydrogens is 400 g/mol. The number of methoxy groups -OCH3 is 1. The lowest BCUT2D eigenvalue weighted by atomic mass is 10.2. The van der Waals surface area contributed by atoms with Crippen molar-refractivity contribution in [1.29, 1.82) is 0 Å². The smallest absolute Gasteiger partial charge is 0.344 e. The zero-order chi connectivity index (χ0) is 21.4. The van der Waals surface area contributed by atoms with Crippen LogP contribution < -0.4 is 14.9 Å². The first-order chi connectivity index (χ1) is 13.8. The van der Waals surface area contributed by atoms with Crippen molar-refractivity contribution in [3.63, 3.8) is 0 Å². The Morgan fingerprint density at radius 2 is 1.97 bits per heavy atom. The van der Waals surface area contributed by atoms with Crippen LogP contribution in [0.1, 0.15) is 29.8 Å². The van der Waals surface area contributed by atoms with E-state index in [-0.39, 0.29) is 23.3 Å². The lowest BCUT2D eigenvalue weighted by Gasteiger charge is -2.12. The van der Waals surface area contributed by atoms with Gasteiger partial charge in [-0.3, -0.25) is 5.43 Å². The Hall–Kier alpha value is -3.26. The van der Waals surface area contributed by atoms with Crippen molar-refractivity contribution in [1.82, 2.24) is 0 Å². The summed E-state index contributed by atoms with van der Waals surface area (Å²) < 4.78 is 15.7. The minimum atomic E-state index is -1.12. The van der Waals surface area contributed by atoms with Crippen LogP contribution in [-0.2, 0) is 9.53 Å². The first-order valence-corrected chi connectivity index (χ1v) is 9.00. The average molecular weight is 421 g/mol. The molecule has 2 N–H and O–H groups in total. The number of esters is 1. The van der Waals surface area contributed by atoms with Crippen molar-refractivity contribution in [2.24, 2.45) is 5.10 Å². The van der Waals surface area contributed by atoms with Crippen molar-refractivity contribution in [2.75, 3.05) is 19.1 Å². The maximum atomic E-state index is 11.6. The number of anilines is 1. The van der Waals surface area contributed by atoms with Crippen LogP contribution >= 0.6 is 11.6 Å². The van der Waals surface area contributed by atoms with Crippen LogP contribution in [0.25, 0.3) is 0 Å². The average Bonchev–Trinajstić information content (AvgIpc) is 2.67. The molecule has 0 aliphatic rings. The van der Waals surface area contributed by atoms with Crippen LogP contribution in [0, 0.1) is 0 Å². The zero-order valence-electron chi connectivity index (χ0n) is 16.1. The second-order valence-corrected chi connectivity index (χ2v) is 6.51. The molecule has 154 valence electrons. The van der Waals surface area contributed by atoms with E-state index in [0.29, 0.717) is 22.7 Å². The van der Waals surface area contributed by atoms with Crippen LogP contribution in [0.2, 0.25) is 5.02 Å². The fourth-order valence-electron chi connectivity index (χ4n) is 2.26. The number of carbonyl (C=O) groups excluding carboxylic acids is 1. The van der Waals surface area contributed by atoms with Gasteiger partial charge < -0.3 is 19.3 Å². The molecule has 0 atom stereocenters. The number of aromatic carboxylic acids is 1. The van der Waals surface area contributed by atoms with Gasteiger partial charge >= 0.3 is 11.9 Å². The number of nitrogens with one attached hydrogen (secondary N) is 1. The quantitative estimate of drug-likeness (QED) is 0.360. The molecule has 9 heteroatoms. The largest absolute Gasteiger partial charge is 0.493 e. The third-order valence-electron chi connectivity index (χ3n) is 3.50. The van der Waals surface area contributed by atoms with Gasteiger partial charge in [0.05, 0.1) is 35.7 Å². The number of hydrogen-bond donors (Lipinski definition) is 2. The maximum Gasteiger partial charge on any atom is 0.344 e. The third kappa shape index (κ3) is 6.69. The molecule has 0 saturated carbocycles. The van der Waals surface area contributed by atoms with Crippen molar-refractivity contribution < 1.29 is 28.9 Å². The number of nitrogens with zero attached hydrogens (tertiary/aromatic N) is 1. The predicted octanol–water partition coefficient (Wildman–Crippen LogP) is 3.82. The highest BCUT2D eigenvalue weighted by Gasteiger charge is 2.11. The number of hydrogen-bond acceptors (Lipinski definition) is 7. The Labute approximate surface area is 173 Å². The standard InChI is InChI=1S/C20H21ClN2O6/c1-12(2)29-19(24)11-28-17-7-4-13(8-18(17)27-3)10-22-23-14-5-6-16(21)15(9-14)20(25)26/h4-10,12,23H,11H2,1-3H3,(H,25,26)/b22-10+. The molecule has 2 aromatic carbocycles. The summed E-state index contributed by atoms with van der Waals surface area (Å²) >= 11 is 5.84. The topological polar surface area (TPSA) is 106 Å². The summed E-state index contributed by atoms with van der Waals surface area (Å²) in [5.41, 5.74) is 3.88. The number of rotatable bonds is 9. The molecule has 0 bridgehead atoms. The molecule has 0 amide bonds. The van der Waals surface area contributed by atoms with Crippen molar-refractivity contribution in [3.8, 4) is 11.5 Å². The summed E-state index contributed by atoms with van der Waals surface area (Å²) in [5.74, 6) is -0.783. The van der Waals surface area contributed by atoms with Crippen LogP contribution in [0.4, 0.5) is 5.69 Å². The first-order valence-electron chi connectivity index (χ1n) is 8.62. The number of hydrazone groups is 1. The molecular formula is C20H21ClN2O6. The lowest BCUT2D eigenvalue weighted by molar-refractivity contribution is -0.149. The van der Waals surface area contributed by atoms with Crippen molar-refractivity contribution in [2.45, 2.75) is 20.0 Å². The number of halogens is 1. The third-order valence-corrected chi connectivity index (χ3v) is 3.83. The highest BCUT2D eigenvalue weighted by molar-refractivity contribution is 6.33. The number of carboxylic acids is 1. The minimum absolute atomic E-state index is 0.0222. The Morgan fingerprint density at radius 1 is 1.21 bits per heavy atom. The summed E-state index contributed by atoms with van der Waals surface area (Å²) in [4.78, 5) is 22.7. The second kappa shape index (κ2) is 10.3. The molecule has 2 aromatic rings. The Bertz CT molecular complexity index is 914. The fourth-order valence-corrected chi connectivity index (χ4v) is 2.46. The molecule has 0 aliphatic heterocycles.